The van der Waals surface area contributed by atoms with Gasteiger partial charge in [0.25, 0.3) is 0 Å². The Hall–Kier alpha value is -2.66. The van der Waals surface area contributed by atoms with Crippen LogP contribution in [0.25, 0.3) is 11.1 Å². The van der Waals surface area contributed by atoms with E-state index in [1.54, 1.807) is 4.90 Å². The molecule has 2 aromatic rings. The molecular formula is C23H29N3O2. The molecule has 0 saturated carbocycles. The molecule has 2 amide bonds. The zero-order chi connectivity index (χ0) is 19.9. The van der Waals surface area contributed by atoms with Crippen molar-refractivity contribution in [3.05, 3.63) is 60.2 Å². The topological polar surface area (TPSA) is 66.6 Å². The zero-order valence-electron chi connectivity index (χ0n) is 16.5. The Kier molecular flexibility index (Phi) is 6.82. The van der Waals surface area contributed by atoms with Crippen LogP contribution in [0.4, 0.5) is 0 Å². The predicted molar refractivity (Wildman–Crippen MR) is 112 cm³/mol. The SMILES string of the molecule is CCCN1CCN(C(=O)CN)C[C@H](Cc2ccccc2-c2ccccc2)C1=O. The highest BCUT2D eigenvalue weighted by molar-refractivity contribution is 5.83. The number of carbonyl (C=O) groups excluding carboxylic acids is 2. The number of hydrogen-bond donors (Lipinski definition) is 1. The molecule has 1 aliphatic rings. The van der Waals surface area contributed by atoms with Crippen LogP contribution in [0.3, 0.4) is 0 Å². The van der Waals surface area contributed by atoms with Gasteiger partial charge in [-0.15, -0.1) is 0 Å². The third-order valence-electron chi connectivity index (χ3n) is 5.33. The Bertz CT molecular complexity index is 807. The number of rotatable bonds is 6. The first-order chi connectivity index (χ1) is 13.6. The molecule has 28 heavy (non-hydrogen) atoms. The lowest BCUT2D eigenvalue weighted by atomic mass is 9.91. The lowest BCUT2D eigenvalue weighted by Crippen LogP contribution is -2.40. The minimum Gasteiger partial charge on any atom is -0.341 e. The normalized spacial score (nSPS) is 17.5. The second-order valence-electron chi connectivity index (χ2n) is 7.29. The molecule has 1 saturated heterocycles. The summed E-state index contributed by atoms with van der Waals surface area (Å²) in [4.78, 5) is 29.1. The molecule has 0 aliphatic carbocycles. The summed E-state index contributed by atoms with van der Waals surface area (Å²) >= 11 is 0. The van der Waals surface area contributed by atoms with Crippen LogP contribution < -0.4 is 5.73 Å². The van der Waals surface area contributed by atoms with Crippen molar-refractivity contribution in [1.29, 1.82) is 0 Å². The van der Waals surface area contributed by atoms with Gasteiger partial charge < -0.3 is 15.5 Å². The minimum absolute atomic E-state index is 0.0186. The van der Waals surface area contributed by atoms with Gasteiger partial charge >= 0.3 is 0 Å². The fourth-order valence-electron chi connectivity index (χ4n) is 3.91. The molecule has 0 spiro atoms. The van der Waals surface area contributed by atoms with Crippen molar-refractivity contribution in [3.8, 4) is 11.1 Å². The van der Waals surface area contributed by atoms with Crippen molar-refractivity contribution < 1.29 is 9.59 Å². The van der Waals surface area contributed by atoms with E-state index in [1.165, 1.54) is 0 Å². The van der Waals surface area contributed by atoms with Gasteiger partial charge in [0.05, 0.1) is 12.5 Å². The van der Waals surface area contributed by atoms with Gasteiger partial charge in [0, 0.05) is 26.2 Å². The summed E-state index contributed by atoms with van der Waals surface area (Å²) in [6.07, 6.45) is 1.52. The number of hydrogen-bond acceptors (Lipinski definition) is 3. The van der Waals surface area contributed by atoms with Crippen LogP contribution in [0.5, 0.6) is 0 Å². The van der Waals surface area contributed by atoms with E-state index in [0.29, 0.717) is 26.1 Å². The molecule has 2 N–H and O–H groups in total. The van der Waals surface area contributed by atoms with Gasteiger partial charge in [-0.05, 0) is 29.5 Å². The molecule has 1 atom stereocenters. The summed E-state index contributed by atoms with van der Waals surface area (Å²) in [6.45, 7) is 4.34. The lowest BCUT2D eigenvalue weighted by molar-refractivity contribution is -0.134. The van der Waals surface area contributed by atoms with E-state index in [9.17, 15) is 9.59 Å². The monoisotopic (exact) mass is 379 g/mol. The Morgan fingerprint density at radius 3 is 2.50 bits per heavy atom. The molecule has 1 aliphatic heterocycles. The third-order valence-corrected chi connectivity index (χ3v) is 5.33. The van der Waals surface area contributed by atoms with Crippen molar-refractivity contribution in [1.82, 2.24) is 9.80 Å². The van der Waals surface area contributed by atoms with Gasteiger partial charge in [-0.25, -0.2) is 0 Å². The van der Waals surface area contributed by atoms with Crippen molar-refractivity contribution in [3.63, 3.8) is 0 Å². The summed E-state index contributed by atoms with van der Waals surface area (Å²) < 4.78 is 0. The molecule has 2 aromatic carbocycles. The highest BCUT2D eigenvalue weighted by atomic mass is 16.2. The Balaban J connectivity index is 1.90. The van der Waals surface area contributed by atoms with Crippen molar-refractivity contribution in [2.24, 2.45) is 11.7 Å². The van der Waals surface area contributed by atoms with Crippen LogP contribution in [0.2, 0.25) is 0 Å². The first kappa shape index (κ1) is 20.1. The molecule has 148 valence electrons. The highest BCUT2D eigenvalue weighted by Gasteiger charge is 2.32. The number of nitrogens with zero attached hydrogens (tertiary/aromatic N) is 2. The van der Waals surface area contributed by atoms with Crippen LogP contribution >= 0.6 is 0 Å². The van der Waals surface area contributed by atoms with Crippen LogP contribution in [-0.4, -0.2) is 54.3 Å². The van der Waals surface area contributed by atoms with E-state index in [-0.39, 0.29) is 24.3 Å². The summed E-state index contributed by atoms with van der Waals surface area (Å²) in [7, 11) is 0. The fraction of sp³-hybridized carbons (Fsp3) is 0.391. The molecule has 1 heterocycles. The van der Waals surface area contributed by atoms with Gasteiger partial charge in [0.15, 0.2) is 0 Å². The van der Waals surface area contributed by atoms with E-state index in [4.69, 9.17) is 5.73 Å². The van der Waals surface area contributed by atoms with E-state index in [1.807, 2.05) is 35.2 Å². The van der Waals surface area contributed by atoms with Crippen LogP contribution in [0.15, 0.2) is 54.6 Å². The molecule has 0 radical (unpaired) electrons. The summed E-state index contributed by atoms with van der Waals surface area (Å²) in [5.74, 6) is -0.209. The van der Waals surface area contributed by atoms with Gasteiger partial charge in [-0.3, -0.25) is 9.59 Å². The second-order valence-corrected chi connectivity index (χ2v) is 7.29. The number of amides is 2. The van der Waals surface area contributed by atoms with Gasteiger partial charge in [-0.1, -0.05) is 61.5 Å². The van der Waals surface area contributed by atoms with Gasteiger partial charge in [0.2, 0.25) is 11.8 Å². The Morgan fingerprint density at radius 2 is 1.79 bits per heavy atom. The quantitative estimate of drug-likeness (QED) is 0.839. The van der Waals surface area contributed by atoms with Crippen molar-refractivity contribution in [2.45, 2.75) is 19.8 Å². The number of carbonyl (C=O) groups is 2. The predicted octanol–water partition coefficient (Wildman–Crippen LogP) is 2.55. The minimum atomic E-state index is -0.255. The van der Waals surface area contributed by atoms with E-state index in [0.717, 1.165) is 29.7 Å². The Morgan fingerprint density at radius 1 is 1.07 bits per heavy atom. The second kappa shape index (κ2) is 9.51. The summed E-state index contributed by atoms with van der Waals surface area (Å²) in [5.41, 5.74) is 9.00. The standard InChI is InChI=1S/C23H29N3O2/c1-2-12-25-13-14-26(22(27)16-24)17-20(23(25)28)15-19-10-6-7-11-21(19)18-8-4-3-5-9-18/h3-11,20H,2,12-17,24H2,1H3/t20-/m0/s1. The highest BCUT2D eigenvalue weighted by Crippen LogP contribution is 2.27. The first-order valence-electron chi connectivity index (χ1n) is 10.0. The van der Waals surface area contributed by atoms with Gasteiger partial charge in [-0.2, -0.15) is 0 Å². The largest absolute Gasteiger partial charge is 0.341 e. The molecule has 5 nitrogen and oxygen atoms in total. The number of benzene rings is 2. The molecule has 0 aromatic heterocycles. The average Bonchev–Trinajstić information content (AvgIpc) is 2.89. The van der Waals surface area contributed by atoms with Crippen LogP contribution in [0, 0.1) is 5.92 Å². The smallest absolute Gasteiger partial charge is 0.236 e. The Labute approximate surface area is 167 Å². The first-order valence-corrected chi connectivity index (χ1v) is 10.0. The third kappa shape index (κ3) is 4.60. The fourth-order valence-corrected chi connectivity index (χ4v) is 3.91. The van der Waals surface area contributed by atoms with Crippen molar-refractivity contribution in [2.75, 3.05) is 32.7 Å². The molecular weight excluding hydrogens is 350 g/mol. The zero-order valence-corrected chi connectivity index (χ0v) is 16.5. The van der Waals surface area contributed by atoms with E-state index >= 15 is 0 Å². The number of nitrogens with two attached hydrogens (primary N) is 1. The maximum absolute atomic E-state index is 13.2. The van der Waals surface area contributed by atoms with E-state index in [2.05, 4.69) is 31.2 Å². The van der Waals surface area contributed by atoms with E-state index < -0.39 is 0 Å². The van der Waals surface area contributed by atoms with Crippen LogP contribution in [0.1, 0.15) is 18.9 Å². The summed E-state index contributed by atoms with van der Waals surface area (Å²) in [6, 6.07) is 18.4. The molecule has 3 rings (SSSR count). The maximum Gasteiger partial charge on any atom is 0.236 e. The average molecular weight is 380 g/mol. The molecule has 1 fully saturated rings. The lowest BCUT2D eigenvalue weighted by Gasteiger charge is -2.24. The molecule has 0 unspecified atom stereocenters. The van der Waals surface area contributed by atoms with Crippen LogP contribution in [-0.2, 0) is 16.0 Å². The van der Waals surface area contributed by atoms with Gasteiger partial charge in [0.1, 0.15) is 0 Å². The summed E-state index contributed by atoms with van der Waals surface area (Å²) in [5, 5.41) is 0. The molecule has 0 bridgehead atoms. The van der Waals surface area contributed by atoms with Crippen molar-refractivity contribution >= 4 is 11.8 Å². The molecule has 5 heteroatoms. The maximum atomic E-state index is 13.2.